The summed E-state index contributed by atoms with van der Waals surface area (Å²) in [6.45, 7) is 1.84. The number of nitrogens with one attached hydrogen (secondary N) is 1. The number of amides is 4. The van der Waals surface area contributed by atoms with E-state index in [-0.39, 0.29) is 30.2 Å². The van der Waals surface area contributed by atoms with E-state index in [1.54, 1.807) is 0 Å². The Morgan fingerprint density at radius 1 is 0.429 bits per heavy atom. The Balaban J connectivity index is 0.000000956. The fourth-order valence-electron chi connectivity index (χ4n) is 9.24. The first-order valence-corrected chi connectivity index (χ1v) is 22.8. The quantitative estimate of drug-likeness (QED) is 0.0567. The van der Waals surface area contributed by atoms with Crippen LogP contribution in [0.3, 0.4) is 0 Å². The fraction of sp³-hybridized carbons (Fsp3) is 0.154. The van der Waals surface area contributed by atoms with Crippen molar-refractivity contribution in [2.75, 3.05) is 32.4 Å². The number of benzene rings is 8. The molecule has 0 saturated carbocycles. The Morgan fingerprint density at radius 3 is 1.24 bits per heavy atom. The monoisotopic (exact) mass is 853 g/mol. The summed E-state index contributed by atoms with van der Waals surface area (Å²) < 4.78 is 25.9. The largest absolute Gasteiger partial charge is 0.317 e. The molecule has 10 nitrogen and oxygen atoms in total. The van der Waals surface area contributed by atoms with E-state index in [0.717, 1.165) is 71.8 Å². The molecule has 63 heavy (non-hydrogen) atoms. The maximum absolute atomic E-state index is 14.4. The molecule has 11 heteroatoms. The third-order valence-corrected chi connectivity index (χ3v) is 11.8. The van der Waals surface area contributed by atoms with Gasteiger partial charge in [0, 0.05) is 46.1 Å². The van der Waals surface area contributed by atoms with Gasteiger partial charge in [0.15, 0.2) is 0 Å². The van der Waals surface area contributed by atoms with E-state index >= 15 is 0 Å². The van der Waals surface area contributed by atoms with Crippen LogP contribution in [-0.4, -0.2) is 78.8 Å². The van der Waals surface area contributed by atoms with Crippen molar-refractivity contribution >= 4 is 76.8 Å². The topological polar surface area (TPSA) is 141 Å². The first-order valence-electron chi connectivity index (χ1n) is 20.9. The molecule has 314 valence electrons. The molecule has 0 saturated heterocycles. The smallest absolute Gasteiger partial charge is 0.262 e. The van der Waals surface area contributed by atoms with E-state index in [2.05, 4.69) is 29.6 Å². The molecular weight excluding hydrogens is 811 g/mol. The fourth-order valence-corrected chi connectivity index (χ4v) is 9.24. The predicted molar refractivity (Wildman–Crippen MR) is 249 cm³/mol. The molecule has 8 aromatic carbocycles. The molecule has 2 aliphatic rings. The molecule has 8 aromatic rings. The molecule has 0 bridgehead atoms. The summed E-state index contributed by atoms with van der Waals surface area (Å²) in [6.07, 6.45) is 2.66. The summed E-state index contributed by atoms with van der Waals surface area (Å²) in [5.74, 6) is -1.06. The van der Waals surface area contributed by atoms with E-state index in [1.165, 1.54) is 9.80 Å². The number of rotatable bonds is 11. The number of carbonyl (C=O) groups excluding carboxylic acids is 4. The zero-order valence-corrected chi connectivity index (χ0v) is 35.3. The molecule has 0 fully saturated rings. The van der Waals surface area contributed by atoms with E-state index in [0.29, 0.717) is 61.0 Å². The summed E-state index contributed by atoms with van der Waals surface area (Å²) >= 11 is 0. The highest BCUT2D eigenvalue weighted by molar-refractivity contribution is 7.85. The summed E-state index contributed by atoms with van der Waals surface area (Å²) in [4.78, 5) is 59.5. The van der Waals surface area contributed by atoms with Crippen LogP contribution in [0, 0.1) is 0 Å². The second kappa shape index (κ2) is 17.0. The van der Waals surface area contributed by atoms with Crippen LogP contribution in [0.2, 0.25) is 0 Å². The molecule has 0 radical (unpaired) electrons. The highest BCUT2D eigenvalue weighted by atomic mass is 32.2. The number of fused-ring (bicyclic) bond motifs is 4. The number of unbranched alkanes of at least 4 members (excludes halogenated alkanes) is 1. The summed E-state index contributed by atoms with van der Waals surface area (Å²) in [5.41, 5.74) is 5.85. The van der Waals surface area contributed by atoms with Gasteiger partial charge in [-0.25, -0.2) is 0 Å². The van der Waals surface area contributed by atoms with Gasteiger partial charge in [0.1, 0.15) is 0 Å². The molecule has 10 rings (SSSR count). The first-order chi connectivity index (χ1) is 30.5. The number of nitrogens with zero attached hydrogens (tertiary/aromatic N) is 2. The van der Waals surface area contributed by atoms with Crippen LogP contribution in [0.4, 0.5) is 0 Å². The average Bonchev–Trinajstić information content (AvgIpc) is 3.29. The van der Waals surface area contributed by atoms with Crippen molar-refractivity contribution < 1.29 is 32.1 Å². The molecule has 4 amide bonds. The van der Waals surface area contributed by atoms with Crippen molar-refractivity contribution in [3.63, 3.8) is 0 Å². The maximum atomic E-state index is 14.4. The molecule has 2 heterocycles. The van der Waals surface area contributed by atoms with Crippen molar-refractivity contribution in [2.45, 2.75) is 19.3 Å². The lowest BCUT2D eigenvalue weighted by atomic mass is 9.83. The molecule has 0 atom stereocenters. The van der Waals surface area contributed by atoms with Gasteiger partial charge < -0.3 is 5.32 Å². The van der Waals surface area contributed by atoms with Gasteiger partial charge in [0.05, 0.1) is 17.4 Å². The molecule has 0 aliphatic carbocycles. The van der Waals surface area contributed by atoms with E-state index in [1.807, 2.05) is 121 Å². The highest BCUT2D eigenvalue weighted by Crippen LogP contribution is 2.45. The van der Waals surface area contributed by atoms with Crippen molar-refractivity contribution in [3.05, 3.63) is 168 Å². The van der Waals surface area contributed by atoms with Crippen molar-refractivity contribution in [3.8, 4) is 22.3 Å². The lowest BCUT2D eigenvalue weighted by Gasteiger charge is -2.30. The first kappa shape index (κ1) is 41.3. The third-order valence-electron chi connectivity index (χ3n) is 11.8. The predicted octanol–water partition coefficient (Wildman–Crippen LogP) is 9.79. The Hall–Kier alpha value is -7.05. The van der Waals surface area contributed by atoms with E-state index in [9.17, 15) is 27.6 Å². The average molecular weight is 854 g/mol. The van der Waals surface area contributed by atoms with E-state index < -0.39 is 10.1 Å². The Kier molecular flexibility index (Phi) is 11.2. The van der Waals surface area contributed by atoms with Gasteiger partial charge >= 0.3 is 0 Å². The number of hydrogen-bond donors (Lipinski definition) is 2. The van der Waals surface area contributed by atoms with E-state index in [4.69, 9.17) is 4.55 Å². The Bertz CT molecular complexity index is 3050. The molecule has 2 N–H and O–H groups in total. The maximum Gasteiger partial charge on any atom is 0.262 e. The summed E-state index contributed by atoms with van der Waals surface area (Å²) in [5, 5.41) is 10.7. The SMILES string of the molecule is CS(=O)(=O)O.O=C1c2cccc3c2c(c(-c2ccccc2)c2ccccc23)C(=O)N1CCCCNCCCN1C(=O)c2cccc3c2c(c(-c2ccccc2)c2ccccc23)C1=O. The zero-order chi connectivity index (χ0) is 43.8. The highest BCUT2D eigenvalue weighted by Gasteiger charge is 2.37. The van der Waals surface area contributed by atoms with Crippen molar-refractivity contribution in [2.24, 2.45) is 0 Å². The van der Waals surface area contributed by atoms with Gasteiger partial charge in [-0.05, 0) is 87.9 Å². The molecule has 2 aliphatic heterocycles. The lowest BCUT2D eigenvalue weighted by molar-refractivity contribution is 0.0592. The molecule has 0 aromatic heterocycles. The number of imide groups is 2. The number of carbonyl (C=O) groups is 4. The molecule has 0 spiro atoms. The Morgan fingerprint density at radius 2 is 0.794 bits per heavy atom. The lowest BCUT2D eigenvalue weighted by Crippen LogP contribution is -2.42. The van der Waals surface area contributed by atoms with Crippen LogP contribution in [0.1, 0.15) is 60.7 Å². The van der Waals surface area contributed by atoms with Crippen LogP contribution in [0.15, 0.2) is 146 Å². The van der Waals surface area contributed by atoms with Crippen LogP contribution in [0.5, 0.6) is 0 Å². The van der Waals surface area contributed by atoms with Crippen LogP contribution >= 0.6 is 0 Å². The molecule has 0 unspecified atom stereocenters. The van der Waals surface area contributed by atoms with Crippen LogP contribution < -0.4 is 5.32 Å². The van der Waals surface area contributed by atoms with Gasteiger partial charge in [0.2, 0.25) is 0 Å². The normalized spacial score (nSPS) is 13.6. The minimum absolute atomic E-state index is 0.261. The summed E-state index contributed by atoms with van der Waals surface area (Å²) in [7, 11) is -3.67. The van der Waals surface area contributed by atoms with Crippen LogP contribution in [0.25, 0.3) is 65.3 Å². The van der Waals surface area contributed by atoms with Gasteiger partial charge in [0.25, 0.3) is 33.7 Å². The zero-order valence-electron chi connectivity index (χ0n) is 34.5. The standard InChI is InChI=1S/C51H39N3O4.CH4O3S/c55-48-40-26-13-24-38-34-20-7-9-22-36(34)42(32-16-3-1-4-17-32)46(44(38)40)50(57)53(48)30-12-11-28-52-29-15-31-54-49(56)41-27-14-25-39-35-21-8-10-23-37(35)43(33-18-5-2-6-19-33)47(45(39)41)51(54)58;1-5(2,3)4/h1-10,13-14,16-27,52H,11-12,15,28-31H2;1H3,(H,2,3,4). The summed E-state index contributed by atoms with van der Waals surface area (Å²) in [6, 6.07) is 47.6. The third kappa shape index (κ3) is 7.65. The van der Waals surface area contributed by atoms with Gasteiger partial charge in [-0.1, -0.05) is 133 Å². The van der Waals surface area contributed by atoms with Crippen molar-refractivity contribution in [1.29, 1.82) is 0 Å². The van der Waals surface area contributed by atoms with Gasteiger partial charge in [-0.3, -0.25) is 33.5 Å². The minimum atomic E-state index is -3.67. The van der Waals surface area contributed by atoms with Crippen molar-refractivity contribution in [1.82, 2.24) is 15.1 Å². The van der Waals surface area contributed by atoms with Crippen LogP contribution in [-0.2, 0) is 10.1 Å². The van der Waals surface area contributed by atoms with Gasteiger partial charge in [-0.15, -0.1) is 0 Å². The minimum Gasteiger partial charge on any atom is -0.317 e. The Labute approximate surface area is 364 Å². The second-order valence-electron chi connectivity index (χ2n) is 15.8. The second-order valence-corrected chi connectivity index (χ2v) is 17.3. The molecular formula is C52H43N3O7S. The van der Waals surface area contributed by atoms with Gasteiger partial charge in [-0.2, -0.15) is 8.42 Å². The number of hydrogen-bond acceptors (Lipinski definition) is 7.